The van der Waals surface area contributed by atoms with Crippen LogP contribution in [0.5, 0.6) is 0 Å². The summed E-state index contributed by atoms with van der Waals surface area (Å²) in [5, 5.41) is 12.6. The first-order valence-corrected chi connectivity index (χ1v) is 6.23. The van der Waals surface area contributed by atoms with Gasteiger partial charge >= 0.3 is 0 Å². The smallest absolute Gasteiger partial charge is 0.293 e. The van der Waals surface area contributed by atoms with Gasteiger partial charge in [-0.3, -0.25) is 4.79 Å². The molecule has 1 aromatic heterocycles. The Labute approximate surface area is 108 Å². The van der Waals surface area contributed by atoms with Crippen molar-refractivity contribution in [3.63, 3.8) is 0 Å². The molecule has 5 nitrogen and oxygen atoms in total. The Hall–Kier alpha value is -1.36. The number of rotatable bonds is 4. The number of hydrogen-bond acceptors (Lipinski definition) is 4. The molecule has 0 aliphatic heterocycles. The quantitative estimate of drug-likeness (QED) is 0.851. The molecule has 0 aromatic carbocycles. The molecule has 0 aliphatic rings. The van der Waals surface area contributed by atoms with E-state index in [1.54, 1.807) is 17.0 Å². The maximum atomic E-state index is 12.2. The van der Waals surface area contributed by atoms with Gasteiger partial charge in [-0.25, -0.2) is 4.98 Å². The Bertz CT molecular complexity index is 446. The molecule has 1 atom stereocenters. The lowest BCUT2D eigenvalue weighted by molar-refractivity contribution is 0.138. The van der Waals surface area contributed by atoms with Crippen LogP contribution in [-0.4, -0.2) is 27.3 Å². The summed E-state index contributed by atoms with van der Waals surface area (Å²) < 4.78 is 1.63. The minimum Gasteiger partial charge on any atom is -0.391 e. The van der Waals surface area contributed by atoms with Gasteiger partial charge in [0.1, 0.15) is 0 Å². The van der Waals surface area contributed by atoms with Gasteiger partial charge in [-0.1, -0.05) is 13.8 Å². The van der Waals surface area contributed by atoms with Crippen molar-refractivity contribution >= 4 is 5.82 Å². The third kappa shape index (κ3) is 3.57. The molecule has 0 radical (unpaired) electrons. The van der Waals surface area contributed by atoms with E-state index >= 15 is 0 Å². The van der Waals surface area contributed by atoms with Crippen molar-refractivity contribution in [3.05, 3.63) is 22.7 Å². The lowest BCUT2D eigenvalue weighted by Gasteiger charge is -2.23. The van der Waals surface area contributed by atoms with Crippen LogP contribution in [0.25, 0.3) is 0 Å². The van der Waals surface area contributed by atoms with E-state index < -0.39 is 6.10 Å². The molecule has 18 heavy (non-hydrogen) atoms. The van der Waals surface area contributed by atoms with Gasteiger partial charge in [-0.2, -0.15) is 0 Å². The molecule has 0 bridgehead atoms. The molecule has 0 amide bonds. The van der Waals surface area contributed by atoms with Crippen molar-refractivity contribution < 1.29 is 5.11 Å². The zero-order valence-corrected chi connectivity index (χ0v) is 11.8. The van der Waals surface area contributed by atoms with Gasteiger partial charge in [-0.15, -0.1) is 0 Å². The second-order valence-corrected chi connectivity index (χ2v) is 5.81. The largest absolute Gasteiger partial charge is 0.391 e. The standard InChI is InChI=1S/C13H23N3O2/c1-9(2)10(17)8-15-11-12(18)16(7-6-14-11)13(3,4)5/h6-7,9-10,17H,8H2,1-5H3,(H,14,15). The van der Waals surface area contributed by atoms with E-state index in [9.17, 15) is 9.90 Å². The number of aliphatic hydroxyl groups excluding tert-OH is 1. The Morgan fingerprint density at radius 3 is 2.56 bits per heavy atom. The Morgan fingerprint density at radius 2 is 2.06 bits per heavy atom. The van der Waals surface area contributed by atoms with Gasteiger partial charge in [0.15, 0.2) is 5.82 Å². The van der Waals surface area contributed by atoms with Crippen molar-refractivity contribution in [2.75, 3.05) is 11.9 Å². The van der Waals surface area contributed by atoms with Gasteiger partial charge in [0.25, 0.3) is 5.56 Å². The number of aliphatic hydroxyl groups is 1. The summed E-state index contributed by atoms with van der Waals surface area (Å²) in [7, 11) is 0. The average Bonchev–Trinajstić information content (AvgIpc) is 2.25. The van der Waals surface area contributed by atoms with Gasteiger partial charge in [-0.05, 0) is 26.7 Å². The van der Waals surface area contributed by atoms with Crippen LogP contribution < -0.4 is 10.9 Å². The maximum Gasteiger partial charge on any atom is 0.293 e. The van der Waals surface area contributed by atoms with Crippen molar-refractivity contribution in [2.24, 2.45) is 5.92 Å². The van der Waals surface area contributed by atoms with Crippen molar-refractivity contribution in [1.82, 2.24) is 9.55 Å². The number of nitrogens with zero attached hydrogens (tertiary/aromatic N) is 2. The maximum absolute atomic E-state index is 12.2. The number of aromatic nitrogens is 2. The van der Waals surface area contributed by atoms with E-state index in [0.29, 0.717) is 6.54 Å². The fourth-order valence-corrected chi connectivity index (χ4v) is 1.50. The Balaban J connectivity index is 2.89. The first kappa shape index (κ1) is 14.7. The summed E-state index contributed by atoms with van der Waals surface area (Å²) in [5.74, 6) is 0.429. The number of nitrogens with one attached hydrogen (secondary N) is 1. The molecular weight excluding hydrogens is 230 g/mol. The second kappa shape index (κ2) is 5.52. The molecule has 0 spiro atoms. The first-order chi connectivity index (χ1) is 8.23. The zero-order chi connectivity index (χ0) is 13.9. The lowest BCUT2D eigenvalue weighted by Crippen LogP contribution is -2.36. The normalized spacial score (nSPS) is 13.7. The summed E-state index contributed by atoms with van der Waals surface area (Å²) in [6, 6.07) is 0. The second-order valence-electron chi connectivity index (χ2n) is 5.81. The molecular formula is C13H23N3O2. The topological polar surface area (TPSA) is 67.2 Å². The summed E-state index contributed by atoms with van der Waals surface area (Å²) in [5.41, 5.74) is -0.450. The molecule has 1 aromatic rings. The zero-order valence-electron chi connectivity index (χ0n) is 11.8. The third-order valence-corrected chi connectivity index (χ3v) is 2.81. The molecule has 0 aliphatic carbocycles. The highest BCUT2D eigenvalue weighted by Gasteiger charge is 2.17. The van der Waals surface area contributed by atoms with Crippen molar-refractivity contribution in [1.29, 1.82) is 0 Å². The van der Waals surface area contributed by atoms with E-state index in [0.717, 1.165) is 0 Å². The molecule has 1 heterocycles. The van der Waals surface area contributed by atoms with E-state index in [-0.39, 0.29) is 22.8 Å². The molecule has 102 valence electrons. The van der Waals surface area contributed by atoms with Gasteiger partial charge < -0.3 is 15.0 Å². The summed E-state index contributed by atoms with van der Waals surface area (Å²) >= 11 is 0. The van der Waals surface area contributed by atoms with Crippen LogP contribution in [0.2, 0.25) is 0 Å². The highest BCUT2D eigenvalue weighted by atomic mass is 16.3. The minimum atomic E-state index is -0.491. The van der Waals surface area contributed by atoms with Crippen LogP contribution in [0.3, 0.4) is 0 Å². The highest BCUT2D eigenvalue weighted by molar-refractivity contribution is 5.31. The van der Waals surface area contributed by atoms with Gasteiger partial charge in [0.05, 0.1) is 6.10 Å². The monoisotopic (exact) mass is 253 g/mol. The molecule has 1 unspecified atom stereocenters. The summed E-state index contributed by atoms with van der Waals surface area (Å²) in [6.07, 6.45) is 2.78. The summed E-state index contributed by atoms with van der Waals surface area (Å²) in [6.45, 7) is 10.1. The van der Waals surface area contributed by atoms with Crippen LogP contribution in [0.1, 0.15) is 34.6 Å². The van der Waals surface area contributed by atoms with E-state index in [4.69, 9.17) is 0 Å². The van der Waals surface area contributed by atoms with Crippen molar-refractivity contribution in [2.45, 2.75) is 46.3 Å². The first-order valence-electron chi connectivity index (χ1n) is 6.23. The molecule has 1 rings (SSSR count). The van der Waals surface area contributed by atoms with Crippen LogP contribution in [-0.2, 0) is 5.54 Å². The number of hydrogen-bond donors (Lipinski definition) is 2. The van der Waals surface area contributed by atoms with Crippen LogP contribution in [0, 0.1) is 5.92 Å². The van der Waals surface area contributed by atoms with E-state index in [1.165, 1.54) is 0 Å². The highest BCUT2D eigenvalue weighted by Crippen LogP contribution is 2.11. The van der Waals surface area contributed by atoms with Gasteiger partial charge in [0.2, 0.25) is 0 Å². The molecule has 0 saturated carbocycles. The fraction of sp³-hybridized carbons (Fsp3) is 0.692. The predicted octanol–water partition coefficient (Wildman–Crippen LogP) is 1.43. The SMILES string of the molecule is CC(C)C(O)CNc1nccn(C(C)(C)C)c1=O. The van der Waals surface area contributed by atoms with Gasteiger partial charge in [0, 0.05) is 24.5 Å². The fourth-order valence-electron chi connectivity index (χ4n) is 1.50. The molecule has 5 heteroatoms. The van der Waals surface area contributed by atoms with Crippen LogP contribution in [0.15, 0.2) is 17.2 Å². The Morgan fingerprint density at radius 1 is 1.44 bits per heavy atom. The number of anilines is 1. The minimum absolute atomic E-state index is 0.144. The average molecular weight is 253 g/mol. The molecule has 2 N–H and O–H groups in total. The predicted molar refractivity (Wildman–Crippen MR) is 72.8 cm³/mol. The molecule has 0 fully saturated rings. The van der Waals surface area contributed by atoms with Crippen LogP contribution >= 0.6 is 0 Å². The van der Waals surface area contributed by atoms with E-state index in [1.807, 2.05) is 34.6 Å². The Kier molecular flexibility index (Phi) is 4.51. The third-order valence-electron chi connectivity index (χ3n) is 2.81. The summed E-state index contributed by atoms with van der Waals surface area (Å²) in [4.78, 5) is 16.2. The lowest BCUT2D eigenvalue weighted by atomic mass is 10.1. The van der Waals surface area contributed by atoms with Crippen molar-refractivity contribution in [3.8, 4) is 0 Å². The molecule has 0 saturated heterocycles. The van der Waals surface area contributed by atoms with Crippen LogP contribution in [0.4, 0.5) is 5.82 Å². The van der Waals surface area contributed by atoms with E-state index in [2.05, 4.69) is 10.3 Å².